The van der Waals surface area contributed by atoms with Gasteiger partial charge in [-0.25, -0.2) is 0 Å². The van der Waals surface area contributed by atoms with Gasteiger partial charge < -0.3 is 23.7 Å². The van der Waals surface area contributed by atoms with Crippen molar-refractivity contribution in [1.29, 1.82) is 0 Å². The second-order valence-corrected chi connectivity index (χ2v) is 9.59. The molecule has 0 radical (unpaired) electrons. The highest BCUT2D eigenvalue weighted by molar-refractivity contribution is 5.95. The number of furan rings is 1. The molecule has 0 aliphatic carbocycles. The van der Waals surface area contributed by atoms with Crippen molar-refractivity contribution >= 4 is 11.8 Å². The third kappa shape index (κ3) is 4.96. The summed E-state index contributed by atoms with van der Waals surface area (Å²) in [5, 5.41) is 0. The highest BCUT2D eigenvalue weighted by Gasteiger charge is 2.37. The minimum atomic E-state index is -0.634. The molecule has 2 aromatic carbocycles. The lowest BCUT2D eigenvalue weighted by Crippen LogP contribution is -2.52. The summed E-state index contributed by atoms with van der Waals surface area (Å²) in [5.41, 5.74) is 1.79. The van der Waals surface area contributed by atoms with E-state index in [9.17, 15) is 9.59 Å². The van der Waals surface area contributed by atoms with Gasteiger partial charge in [0.2, 0.25) is 6.10 Å². The van der Waals surface area contributed by atoms with E-state index >= 15 is 0 Å². The molecule has 7 nitrogen and oxygen atoms in total. The summed E-state index contributed by atoms with van der Waals surface area (Å²) in [6.45, 7) is 3.28. The number of aryl methyl sites for hydroxylation is 1. The smallest absolute Gasteiger partial charge is 0.267 e. The number of fused-ring (bicyclic) bond motifs is 1. The molecule has 0 spiro atoms. The van der Waals surface area contributed by atoms with Crippen LogP contribution >= 0.6 is 0 Å². The number of hydrogen-bond donors (Lipinski definition) is 0. The Labute approximate surface area is 211 Å². The van der Waals surface area contributed by atoms with Crippen molar-refractivity contribution in [1.82, 2.24) is 9.80 Å². The molecule has 5 rings (SSSR count). The van der Waals surface area contributed by atoms with Gasteiger partial charge in [-0.05, 0) is 55.9 Å². The Morgan fingerprint density at radius 2 is 1.69 bits per heavy atom. The van der Waals surface area contributed by atoms with E-state index in [2.05, 4.69) is 12.1 Å². The van der Waals surface area contributed by atoms with Crippen LogP contribution in [-0.4, -0.2) is 60.5 Å². The van der Waals surface area contributed by atoms with Crippen molar-refractivity contribution in [3.63, 3.8) is 0 Å². The van der Waals surface area contributed by atoms with Crippen LogP contribution in [0.2, 0.25) is 0 Å². The number of likely N-dealkylation sites (N-methyl/N-ethyl adjacent to an activating group) is 1. The predicted molar refractivity (Wildman–Crippen MR) is 135 cm³/mol. The molecule has 0 bridgehead atoms. The quantitative estimate of drug-likeness (QED) is 0.516. The van der Waals surface area contributed by atoms with Gasteiger partial charge in [-0.15, -0.1) is 0 Å². The zero-order valence-electron chi connectivity index (χ0n) is 20.8. The zero-order chi connectivity index (χ0) is 25.1. The predicted octanol–water partition coefficient (Wildman–Crippen LogP) is 4.35. The second-order valence-electron chi connectivity index (χ2n) is 9.59. The number of hydrogen-bond acceptors (Lipinski definition) is 5. The Bertz CT molecular complexity index is 1200. The summed E-state index contributed by atoms with van der Waals surface area (Å²) in [7, 11) is 1.88. The molecule has 0 unspecified atom stereocenters. The SMILES string of the molecule is Cc1occc1C(=O)N(C)[C@@H](Cc1ccccc1)C1CCN(C(=O)[C@@H]2COc3ccccc3O2)CC1. The Kier molecular flexibility index (Phi) is 6.98. The lowest BCUT2D eigenvalue weighted by Gasteiger charge is -2.41. The highest BCUT2D eigenvalue weighted by Crippen LogP contribution is 2.33. The van der Waals surface area contributed by atoms with Crippen molar-refractivity contribution in [3.8, 4) is 11.5 Å². The monoisotopic (exact) mass is 488 g/mol. The van der Waals surface area contributed by atoms with E-state index in [1.54, 1.807) is 12.3 Å². The Hall–Kier alpha value is -3.74. The minimum Gasteiger partial charge on any atom is -0.485 e. The second kappa shape index (κ2) is 10.5. The van der Waals surface area contributed by atoms with Crippen molar-refractivity contribution in [2.24, 2.45) is 5.92 Å². The summed E-state index contributed by atoms with van der Waals surface area (Å²) in [5.74, 6) is 2.09. The fraction of sp³-hybridized carbons (Fsp3) is 0.379. The standard InChI is InChI=1S/C29H32N2O5/c1-20-23(14-17-34-20)28(32)30(2)24(18-21-8-4-3-5-9-21)22-12-15-31(16-13-22)29(33)27-19-35-25-10-6-7-11-26(25)36-27/h3-11,14,17,22,24,27H,12-13,15-16,18-19H2,1-2H3/t24-,27-/m0/s1. The maximum Gasteiger partial charge on any atom is 0.267 e. The summed E-state index contributed by atoms with van der Waals surface area (Å²) < 4.78 is 17.1. The summed E-state index contributed by atoms with van der Waals surface area (Å²) in [6, 6.07) is 19.4. The molecule has 2 aliphatic rings. The third-order valence-corrected chi connectivity index (χ3v) is 7.37. The molecule has 36 heavy (non-hydrogen) atoms. The summed E-state index contributed by atoms with van der Waals surface area (Å²) in [6.07, 6.45) is 3.31. The Morgan fingerprint density at radius 1 is 1.00 bits per heavy atom. The van der Waals surface area contributed by atoms with Crippen LogP contribution in [0, 0.1) is 12.8 Å². The molecular weight excluding hydrogens is 456 g/mol. The van der Waals surface area contributed by atoms with Crippen LogP contribution in [0.1, 0.15) is 34.5 Å². The number of ether oxygens (including phenoxy) is 2. The van der Waals surface area contributed by atoms with Crippen LogP contribution in [-0.2, 0) is 11.2 Å². The maximum absolute atomic E-state index is 13.4. The molecule has 2 aliphatic heterocycles. The fourth-order valence-electron chi connectivity index (χ4n) is 5.27. The molecule has 1 saturated heterocycles. The normalized spacial score (nSPS) is 18.5. The molecule has 1 aromatic heterocycles. The lowest BCUT2D eigenvalue weighted by atomic mass is 9.84. The topological polar surface area (TPSA) is 72.2 Å². The minimum absolute atomic E-state index is 0.00703. The molecule has 0 N–H and O–H groups in total. The summed E-state index contributed by atoms with van der Waals surface area (Å²) >= 11 is 0. The van der Waals surface area contributed by atoms with Crippen molar-refractivity contribution in [2.75, 3.05) is 26.7 Å². The molecule has 7 heteroatoms. The first-order chi connectivity index (χ1) is 17.5. The van der Waals surface area contributed by atoms with Crippen molar-refractivity contribution in [2.45, 2.75) is 38.3 Å². The molecule has 2 atom stereocenters. The van der Waals surface area contributed by atoms with Crippen LogP contribution in [0.4, 0.5) is 0 Å². The zero-order valence-corrected chi connectivity index (χ0v) is 20.8. The number of benzene rings is 2. The number of likely N-dealkylation sites (tertiary alicyclic amines) is 1. The van der Waals surface area contributed by atoms with Crippen molar-refractivity contribution < 1.29 is 23.5 Å². The van der Waals surface area contributed by atoms with E-state index in [0.717, 1.165) is 19.3 Å². The fourth-order valence-corrected chi connectivity index (χ4v) is 5.27. The average Bonchev–Trinajstić information content (AvgIpc) is 3.36. The van der Waals surface area contributed by atoms with Gasteiger partial charge in [0, 0.05) is 26.2 Å². The molecule has 2 amide bonds. The van der Waals surface area contributed by atoms with Crippen LogP contribution < -0.4 is 9.47 Å². The van der Waals surface area contributed by atoms with Crippen LogP contribution in [0.3, 0.4) is 0 Å². The van der Waals surface area contributed by atoms with Crippen LogP contribution in [0.25, 0.3) is 0 Å². The van der Waals surface area contributed by atoms with E-state index in [1.807, 2.05) is 66.2 Å². The first-order valence-corrected chi connectivity index (χ1v) is 12.5. The van der Waals surface area contributed by atoms with Crippen LogP contribution in [0.15, 0.2) is 71.3 Å². The van der Waals surface area contributed by atoms with Gasteiger partial charge in [0.1, 0.15) is 12.4 Å². The molecular formula is C29H32N2O5. The van der Waals surface area contributed by atoms with Gasteiger partial charge in [0.05, 0.1) is 11.8 Å². The third-order valence-electron chi connectivity index (χ3n) is 7.37. The number of rotatable bonds is 6. The molecule has 3 heterocycles. The summed E-state index contributed by atoms with van der Waals surface area (Å²) in [4.78, 5) is 30.3. The number of piperidine rings is 1. The first kappa shape index (κ1) is 24.0. The number of para-hydroxylation sites is 2. The van der Waals surface area contributed by atoms with Crippen molar-refractivity contribution in [3.05, 3.63) is 83.8 Å². The Morgan fingerprint density at radius 3 is 2.39 bits per heavy atom. The van der Waals surface area contributed by atoms with Gasteiger partial charge >= 0.3 is 0 Å². The van der Waals surface area contributed by atoms with E-state index in [0.29, 0.717) is 35.9 Å². The molecule has 1 fully saturated rings. The molecule has 0 saturated carbocycles. The van der Waals surface area contributed by atoms with Gasteiger partial charge in [0.25, 0.3) is 11.8 Å². The number of carbonyl (C=O) groups is 2. The molecule has 3 aromatic rings. The van der Waals surface area contributed by atoms with Gasteiger partial charge in [0.15, 0.2) is 11.5 Å². The van der Waals surface area contributed by atoms with Gasteiger partial charge in [-0.1, -0.05) is 42.5 Å². The maximum atomic E-state index is 13.4. The number of carbonyl (C=O) groups excluding carboxylic acids is 2. The average molecular weight is 489 g/mol. The lowest BCUT2D eigenvalue weighted by molar-refractivity contribution is -0.142. The highest BCUT2D eigenvalue weighted by atomic mass is 16.6. The van der Waals surface area contributed by atoms with E-state index in [-0.39, 0.29) is 30.4 Å². The molecule has 188 valence electrons. The largest absolute Gasteiger partial charge is 0.485 e. The number of nitrogens with zero attached hydrogens (tertiary/aromatic N) is 2. The van der Waals surface area contributed by atoms with Crippen LogP contribution in [0.5, 0.6) is 11.5 Å². The van der Waals surface area contributed by atoms with E-state index in [1.165, 1.54) is 5.56 Å². The van der Waals surface area contributed by atoms with Gasteiger partial charge in [-0.3, -0.25) is 9.59 Å². The van der Waals surface area contributed by atoms with Gasteiger partial charge in [-0.2, -0.15) is 0 Å². The van der Waals surface area contributed by atoms with E-state index < -0.39 is 6.10 Å². The first-order valence-electron chi connectivity index (χ1n) is 12.5. The van der Waals surface area contributed by atoms with E-state index in [4.69, 9.17) is 13.9 Å². The Balaban J connectivity index is 1.27. The number of amides is 2.